The lowest BCUT2D eigenvalue weighted by Crippen LogP contribution is -2.44. The van der Waals surface area contributed by atoms with E-state index in [0.29, 0.717) is 16.5 Å². The fourth-order valence-electron chi connectivity index (χ4n) is 3.49. The van der Waals surface area contributed by atoms with Crippen LogP contribution >= 0.6 is 11.6 Å². The molecule has 0 spiro atoms. The van der Waals surface area contributed by atoms with Crippen molar-refractivity contribution in [2.45, 2.75) is 25.7 Å². The highest BCUT2D eigenvalue weighted by Crippen LogP contribution is 2.22. The van der Waals surface area contributed by atoms with Crippen molar-refractivity contribution < 1.29 is 9.59 Å². The summed E-state index contributed by atoms with van der Waals surface area (Å²) in [5, 5.41) is 3.07. The molecule has 3 rings (SSSR count). The van der Waals surface area contributed by atoms with Crippen LogP contribution in [0.5, 0.6) is 0 Å². The minimum absolute atomic E-state index is 0.0126. The Bertz CT molecular complexity index is 771. The van der Waals surface area contributed by atoms with E-state index in [1.807, 2.05) is 11.0 Å². The monoisotopic (exact) mass is 384 g/mol. The van der Waals surface area contributed by atoms with Crippen LogP contribution in [0.4, 0.5) is 0 Å². The van der Waals surface area contributed by atoms with Crippen LogP contribution in [0.15, 0.2) is 54.6 Å². The van der Waals surface area contributed by atoms with Gasteiger partial charge in [-0.3, -0.25) is 9.59 Å². The molecule has 0 saturated carbocycles. The molecule has 2 aromatic carbocycles. The van der Waals surface area contributed by atoms with Gasteiger partial charge in [0.25, 0.3) is 5.91 Å². The number of amides is 2. The number of likely N-dealkylation sites (tertiary alicyclic amines) is 1. The summed E-state index contributed by atoms with van der Waals surface area (Å²) in [5.41, 5.74) is 1.77. The lowest BCUT2D eigenvalue weighted by atomic mass is 9.90. The minimum atomic E-state index is -0.313. The fraction of sp³-hybridized carbons (Fsp3) is 0.364. The molecule has 142 valence electrons. The van der Waals surface area contributed by atoms with Gasteiger partial charge in [-0.2, -0.15) is 0 Å². The second-order valence-electron chi connectivity index (χ2n) is 7.01. The van der Waals surface area contributed by atoms with E-state index >= 15 is 0 Å². The van der Waals surface area contributed by atoms with Gasteiger partial charge in [0.1, 0.15) is 0 Å². The molecule has 1 aliphatic heterocycles. The second kappa shape index (κ2) is 9.56. The van der Waals surface area contributed by atoms with E-state index in [0.717, 1.165) is 38.8 Å². The predicted octanol–water partition coefficient (Wildman–Crippen LogP) is 3.94. The van der Waals surface area contributed by atoms with Crippen LogP contribution in [0.1, 0.15) is 35.2 Å². The van der Waals surface area contributed by atoms with Gasteiger partial charge in [-0.05, 0) is 49.3 Å². The van der Waals surface area contributed by atoms with E-state index in [-0.39, 0.29) is 18.4 Å². The number of carbonyl (C=O) groups excluding carboxylic acids is 2. The molecule has 1 N–H and O–H groups in total. The first kappa shape index (κ1) is 19.4. The third kappa shape index (κ3) is 5.57. The molecular weight excluding hydrogens is 360 g/mol. The van der Waals surface area contributed by atoms with Crippen LogP contribution in [0.2, 0.25) is 5.02 Å². The van der Waals surface area contributed by atoms with E-state index in [9.17, 15) is 9.59 Å². The number of halogens is 1. The maximum Gasteiger partial charge on any atom is 0.253 e. The van der Waals surface area contributed by atoms with E-state index in [4.69, 9.17) is 11.6 Å². The predicted molar refractivity (Wildman–Crippen MR) is 108 cm³/mol. The lowest BCUT2D eigenvalue weighted by molar-refractivity contribution is -0.131. The first-order valence-corrected chi connectivity index (χ1v) is 9.85. The van der Waals surface area contributed by atoms with Crippen molar-refractivity contribution in [3.05, 3.63) is 70.7 Å². The molecule has 1 saturated heterocycles. The average Bonchev–Trinajstić information content (AvgIpc) is 2.72. The Morgan fingerprint density at radius 3 is 2.37 bits per heavy atom. The summed E-state index contributed by atoms with van der Waals surface area (Å²) in [5.74, 6) is 0.315. The molecular formula is C22H25ClN2O2. The number of hydrogen-bond acceptors (Lipinski definition) is 2. The molecule has 4 nitrogen and oxygen atoms in total. The Labute approximate surface area is 165 Å². The molecule has 5 heteroatoms. The number of benzene rings is 2. The summed E-state index contributed by atoms with van der Waals surface area (Å²) in [6.07, 6.45) is 4.30. The Morgan fingerprint density at radius 2 is 1.67 bits per heavy atom. The highest BCUT2D eigenvalue weighted by molar-refractivity contribution is 6.33. The summed E-state index contributed by atoms with van der Waals surface area (Å²) < 4.78 is 0. The average molecular weight is 385 g/mol. The van der Waals surface area contributed by atoms with E-state index < -0.39 is 0 Å². The molecule has 0 aliphatic carbocycles. The topological polar surface area (TPSA) is 49.4 Å². The molecule has 2 amide bonds. The van der Waals surface area contributed by atoms with Crippen LogP contribution in [-0.2, 0) is 11.2 Å². The van der Waals surface area contributed by atoms with Crippen molar-refractivity contribution in [2.24, 2.45) is 5.92 Å². The molecule has 1 aliphatic rings. The van der Waals surface area contributed by atoms with E-state index in [1.54, 1.807) is 24.3 Å². The van der Waals surface area contributed by atoms with Gasteiger partial charge >= 0.3 is 0 Å². The van der Waals surface area contributed by atoms with Crippen molar-refractivity contribution in [3.8, 4) is 0 Å². The Hall–Kier alpha value is -2.33. The number of rotatable bonds is 6. The van der Waals surface area contributed by atoms with Gasteiger partial charge in [0.05, 0.1) is 17.1 Å². The highest BCUT2D eigenvalue weighted by Gasteiger charge is 2.23. The molecule has 0 bridgehead atoms. The number of piperidine rings is 1. The largest absolute Gasteiger partial charge is 0.343 e. The zero-order valence-electron chi connectivity index (χ0n) is 15.4. The molecule has 2 aromatic rings. The summed E-state index contributed by atoms with van der Waals surface area (Å²) in [4.78, 5) is 26.4. The smallest absolute Gasteiger partial charge is 0.253 e. The van der Waals surface area contributed by atoms with Crippen LogP contribution < -0.4 is 5.32 Å². The van der Waals surface area contributed by atoms with Crippen molar-refractivity contribution in [1.82, 2.24) is 10.2 Å². The summed E-state index contributed by atoms with van der Waals surface area (Å²) >= 11 is 6.02. The number of nitrogens with one attached hydrogen (secondary N) is 1. The second-order valence-corrected chi connectivity index (χ2v) is 7.42. The standard InChI is InChI=1S/C22H25ClN2O2/c23-20-9-5-4-8-19(20)22(27)24-16-21(26)25-14-12-18(13-15-25)11-10-17-6-2-1-3-7-17/h1-9,18H,10-16H2,(H,24,27). The van der Waals surface area contributed by atoms with Crippen LogP contribution in [0, 0.1) is 5.92 Å². The minimum Gasteiger partial charge on any atom is -0.343 e. The van der Waals surface area contributed by atoms with Crippen LogP contribution in [0.3, 0.4) is 0 Å². The van der Waals surface area contributed by atoms with Crippen molar-refractivity contribution in [1.29, 1.82) is 0 Å². The van der Waals surface area contributed by atoms with Gasteiger partial charge < -0.3 is 10.2 Å². The van der Waals surface area contributed by atoms with Gasteiger partial charge in [-0.1, -0.05) is 54.1 Å². The third-order valence-electron chi connectivity index (χ3n) is 5.17. The quantitative estimate of drug-likeness (QED) is 0.820. The van der Waals surface area contributed by atoms with Crippen molar-refractivity contribution >= 4 is 23.4 Å². The normalized spacial score (nSPS) is 14.8. The molecule has 0 unspecified atom stereocenters. The van der Waals surface area contributed by atoms with Crippen LogP contribution in [0.25, 0.3) is 0 Å². The molecule has 0 aromatic heterocycles. The lowest BCUT2D eigenvalue weighted by Gasteiger charge is -2.32. The van der Waals surface area contributed by atoms with Gasteiger partial charge in [0.2, 0.25) is 5.91 Å². The van der Waals surface area contributed by atoms with Crippen molar-refractivity contribution in [2.75, 3.05) is 19.6 Å². The van der Waals surface area contributed by atoms with Gasteiger partial charge in [-0.25, -0.2) is 0 Å². The fourth-order valence-corrected chi connectivity index (χ4v) is 3.72. The maximum atomic E-state index is 12.4. The van der Waals surface area contributed by atoms with Gasteiger partial charge in [-0.15, -0.1) is 0 Å². The van der Waals surface area contributed by atoms with Crippen LogP contribution in [-0.4, -0.2) is 36.3 Å². The van der Waals surface area contributed by atoms with Crippen molar-refractivity contribution in [3.63, 3.8) is 0 Å². The number of aryl methyl sites for hydroxylation is 1. The first-order chi connectivity index (χ1) is 13.1. The summed E-state index contributed by atoms with van der Waals surface area (Å²) in [6.45, 7) is 1.54. The number of nitrogens with zero attached hydrogens (tertiary/aromatic N) is 1. The zero-order chi connectivity index (χ0) is 19.1. The Balaban J connectivity index is 1.39. The molecule has 27 heavy (non-hydrogen) atoms. The maximum absolute atomic E-state index is 12.4. The first-order valence-electron chi connectivity index (χ1n) is 9.48. The Morgan fingerprint density at radius 1 is 1.00 bits per heavy atom. The third-order valence-corrected chi connectivity index (χ3v) is 5.50. The highest BCUT2D eigenvalue weighted by atomic mass is 35.5. The number of hydrogen-bond donors (Lipinski definition) is 1. The molecule has 1 fully saturated rings. The molecule has 0 radical (unpaired) electrons. The number of carbonyl (C=O) groups is 2. The van der Waals surface area contributed by atoms with E-state index in [2.05, 4.69) is 29.6 Å². The van der Waals surface area contributed by atoms with E-state index in [1.165, 1.54) is 5.56 Å². The van der Waals surface area contributed by atoms with Gasteiger partial charge in [0, 0.05) is 13.1 Å². The molecule has 0 atom stereocenters. The molecule has 1 heterocycles. The zero-order valence-corrected chi connectivity index (χ0v) is 16.1. The SMILES string of the molecule is O=C(NCC(=O)N1CCC(CCc2ccccc2)CC1)c1ccccc1Cl. The summed E-state index contributed by atoms with van der Waals surface area (Å²) in [7, 11) is 0. The summed E-state index contributed by atoms with van der Waals surface area (Å²) in [6, 6.07) is 17.4. The Kier molecular flexibility index (Phi) is 6.88. The van der Waals surface area contributed by atoms with Gasteiger partial charge in [0.15, 0.2) is 0 Å².